The minimum Gasteiger partial charge on any atom is -0.358 e. The summed E-state index contributed by atoms with van der Waals surface area (Å²) in [6.45, 7) is 4.40. The molecule has 0 aliphatic carbocycles. The Hall–Kier alpha value is -2.70. The van der Waals surface area contributed by atoms with Gasteiger partial charge in [0.05, 0.1) is 23.4 Å². The van der Waals surface area contributed by atoms with Gasteiger partial charge in [-0.15, -0.1) is 0 Å². The van der Waals surface area contributed by atoms with Gasteiger partial charge in [-0.1, -0.05) is 17.7 Å². The Morgan fingerprint density at radius 3 is 2.76 bits per heavy atom. The summed E-state index contributed by atoms with van der Waals surface area (Å²) in [6.07, 6.45) is 0. The van der Waals surface area contributed by atoms with E-state index in [-0.39, 0.29) is 11.7 Å². The van der Waals surface area contributed by atoms with Gasteiger partial charge in [-0.25, -0.2) is 0 Å². The summed E-state index contributed by atoms with van der Waals surface area (Å²) in [5.41, 5.74) is 2.30. The molecule has 7 heteroatoms. The lowest BCUT2D eigenvalue weighted by Gasteiger charge is -2.05. The van der Waals surface area contributed by atoms with Crippen LogP contribution in [0.25, 0.3) is 0 Å². The molecule has 2 aromatic rings. The molecule has 0 atom stereocenters. The van der Waals surface area contributed by atoms with Gasteiger partial charge in [-0.3, -0.25) is 4.79 Å². The van der Waals surface area contributed by atoms with Gasteiger partial charge in [0.1, 0.15) is 0 Å². The highest BCUT2D eigenvalue weighted by Crippen LogP contribution is 2.10. The van der Waals surface area contributed by atoms with Crippen LogP contribution in [0.2, 0.25) is 0 Å². The van der Waals surface area contributed by atoms with Crippen molar-refractivity contribution >= 4 is 11.7 Å². The van der Waals surface area contributed by atoms with Crippen molar-refractivity contribution in [2.45, 2.75) is 20.4 Å². The molecular weight excluding hydrogens is 272 g/mol. The summed E-state index contributed by atoms with van der Waals surface area (Å²) in [4.78, 5) is 22.0. The number of benzene rings is 1. The van der Waals surface area contributed by atoms with E-state index in [0.29, 0.717) is 24.3 Å². The quantitative estimate of drug-likeness (QED) is 0.671. The smallest absolute Gasteiger partial charge is 0.358 e. The van der Waals surface area contributed by atoms with E-state index in [9.17, 15) is 14.9 Å². The molecule has 0 fully saturated rings. The molecule has 0 aliphatic rings. The average Bonchev–Trinajstić information content (AvgIpc) is 2.80. The number of carbonyl (C=O) groups excluding carboxylic acids is 1. The molecule has 0 aliphatic heterocycles. The SMILES string of the molecule is Cc1cccc(C(=O)NCCn2nc([N+](=O)[O-])cc2C)c1. The minimum atomic E-state index is -0.533. The van der Waals surface area contributed by atoms with Gasteiger partial charge in [0.25, 0.3) is 5.91 Å². The molecule has 1 aromatic heterocycles. The van der Waals surface area contributed by atoms with Crippen molar-refractivity contribution in [2.24, 2.45) is 0 Å². The lowest BCUT2D eigenvalue weighted by atomic mass is 10.1. The van der Waals surface area contributed by atoms with E-state index >= 15 is 0 Å². The number of nitro groups is 1. The van der Waals surface area contributed by atoms with Crippen molar-refractivity contribution in [1.29, 1.82) is 0 Å². The third-order valence-electron chi connectivity index (χ3n) is 3.04. The number of nitrogens with one attached hydrogen (secondary N) is 1. The monoisotopic (exact) mass is 288 g/mol. The van der Waals surface area contributed by atoms with Crippen molar-refractivity contribution in [2.75, 3.05) is 6.54 Å². The first kappa shape index (κ1) is 14.7. The Morgan fingerprint density at radius 2 is 2.14 bits per heavy atom. The van der Waals surface area contributed by atoms with Gasteiger partial charge in [0, 0.05) is 12.1 Å². The summed E-state index contributed by atoms with van der Waals surface area (Å²) >= 11 is 0. The van der Waals surface area contributed by atoms with Crippen LogP contribution in [0.3, 0.4) is 0 Å². The first-order valence-electron chi connectivity index (χ1n) is 6.51. The maximum Gasteiger partial charge on any atom is 0.390 e. The Kier molecular flexibility index (Phi) is 4.32. The van der Waals surface area contributed by atoms with Crippen molar-refractivity contribution in [3.8, 4) is 0 Å². The van der Waals surface area contributed by atoms with E-state index < -0.39 is 4.92 Å². The van der Waals surface area contributed by atoms with Crippen LogP contribution in [-0.4, -0.2) is 27.2 Å². The van der Waals surface area contributed by atoms with Crippen molar-refractivity contribution in [3.05, 3.63) is 57.3 Å². The molecule has 0 unspecified atom stereocenters. The molecule has 1 amide bonds. The first-order valence-corrected chi connectivity index (χ1v) is 6.51. The fourth-order valence-corrected chi connectivity index (χ4v) is 1.97. The highest BCUT2D eigenvalue weighted by molar-refractivity contribution is 5.94. The van der Waals surface area contributed by atoms with E-state index in [2.05, 4.69) is 10.4 Å². The minimum absolute atomic E-state index is 0.169. The third-order valence-corrected chi connectivity index (χ3v) is 3.04. The average molecular weight is 288 g/mol. The van der Waals surface area contributed by atoms with Gasteiger partial charge < -0.3 is 15.4 Å². The maximum atomic E-state index is 11.9. The highest BCUT2D eigenvalue weighted by atomic mass is 16.6. The molecule has 0 saturated heterocycles. The predicted octanol–water partition coefficient (Wildman–Crippen LogP) is 1.84. The summed E-state index contributed by atoms with van der Waals surface area (Å²) in [5, 5.41) is 17.3. The van der Waals surface area contributed by atoms with Gasteiger partial charge in [-0.05, 0) is 30.9 Å². The molecule has 0 spiro atoms. The summed E-state index contributed by atoms with van der Waals surface area (Å²) in [5.74, 6) is -0.351. The van der Waals surface area contributed by atoms with Crippen LogP contribution in [0, 0.1) is 24.0 Å². The van der Waals surface area contributed by atoms with Crippen molar-refractivity contribution < 1.29 is 9.72 Å². The number of hydrogen-bond donors (Lipinski definition) is 1. The van der Waals surface area contributed by atoms with Crippen LogP contribution in [0.15, 0.2) is 30.3 Å². The molecule has 21 heavy (non-hydrogen) atoms. The second kappa shape index (κ2) is 6.17. The summed E-state index contributed by atoms with van der Waals surface area (Å²) < 4.78 is 1.51. The van der Waals surface area contributed by atoms with Crippen LogP contribution in [-0.2, 0) is 6.54 Å². The van der Waals surface area contributed by atoms with Crippen molar-refractivity contribution in [3.63, 3.8) is 0 Å². The van der Waals surface area contributed by atoms with E-state index in [4.69, 9.17) is 0 Å². The fourth-order valence-electron chi connectivity index (χ4n) is 1.97. The molecule has 0 radical (unpaired) electrons. The predicted molar refractivity (Wildman–Crippen MR) is 77.1 cm³/mol. The number of aromatic nitrogens is 2. The second-order valence-corrected chi connectivity index (χ2v) is 4.75. The van der Waals surface area contributed by atoms with Gasteiger partial charge in [0.15, 0.2) is 0 Å². The molecular formula is C14H16N4O3. The molecule has 7 nitrogen and oxygen atoms in total. The van der Waals surface area contributed by atoms with E-state index in [0.717, 1.165) is 5.56 Å². The molecule has 0 bridgehead atoms. The van der Waals surface area contributed by atoms with Crippen LogP contribution < -0.4 is 5.32 Å². The zero-order chi connectivity index (χ0) is 15.4. The van der Waals surface area contributed by atoms with Gasteiger partial charge in [-0.2, -0.15) is 4.68 Å². The zero-order valence-electron chi connectivity index (χ0n) is 11.9. The number of hydrogen-bond acceptors (Lipinski definition) is 4. The molecule has 110 valence electrons. The highest BCUT2D eigenvalue weighted by Gasteiger charge is 2.15. The van der Waals surface area contributed by atoms with Crippen LogP contribution >= 0.6 is 0 Å². The van der Waals surface area contributed by atoms with E-state index in [1.54, 1.807) is 19.1 Å². The van der Waals surface area contributed by atoms with E-state index in [1.807, 2.05) is 19.1 Å². The Labute approximate surface area is 121 Å². The summed E-state index contributed by atoms with van der Waals surface area (Å²) in [6, 6.07) is 8.70. The number of carbonyl (C=O) groups is 1. The first-order chi connectivity index (χ1) is 9.97. The van der Waals surface area contributed by atoms with Crippen molar-refractivity contribution in [1.82, 2.24) is 15.1 Å². The normalized spacial score (nSPS) is 10.4. The van der Waals surface area contributed by atoms with Gasteiger partial charge >= 0.3 is 5.82 Å². The zero-order valence-corrected chi connectivity index (χ0v) is 11.9. The second-order valence-electron chi connectivity index (χ2n) is 4.75. The lowest BCUT2D eigenvalue weighted by molar-refractivity contribution is -0.389. The van der Waals surface area contributed by atoms with Crippen LogP contribution in [0.4, 0.5) is 5.82 Å². The van der Waals surface area contributed by atoms with Gasteiger partial charge in [0.2, 0.25) is 0 Å². The number of rotatable bonds is 5. The fraction of sp³-hybridized carbons (Fsp3) is 0.286. The largest absolute Gasteiger partial charge is 0.390 e. The number of nitrogens with zero attached hydrogens (tertiary/aromatic N) is 3. The maximum absolute atomic E-state index is 11.9. The Morgan fingerprint density at radius 1 is 1.38 bits per heavy atom. The Bertz CT molecular complexity index is 679. The molecule has 2 rings (SSSR count). The lowest BCUT2D eigenvalue weighted by Crippen LogP contribution is -2.27. The summed E-state index contributed by atoms with van der Waals surface area (Å²) in [7, 11) is 0. The third kappa shape index (κ3) is 3.65. The molecule has 0 saturated carbocycles. The van der Waals surface area contributed by atoms with Crippen LogP contribution in [0.5, 0.6) is 0 Å². The van der Waals surface area contributed by atoms with E-state index in [1.165, 1.54) is 10.7 Å². The number of aryl methyl sites for hydroxylation is 2. The number of amides is 1. The van der Waals surface area contributed by atoms with Crippen LogP contribution in [0.1, 0.15) is 21.6 Å². The molecule has 1 aromatic carbocycles. The molecule has 1 heterocycles. The standard InChI is InChI=1S/C14H16N4O3/c1-10-4-3-5-12(8-10)14(19)15-6-7-17-11(2)9-13(16-17)18(20)21/h3-5,8-9H,6-7H2,1-2H3,(H,15,19). The molecule has 1 N–H and O–H groups in total. The Balaban J connectivity index is 1.92. The topological polar surface area (TPSA) is 90.1 Å².